The van der Waals surface area contributed by atoms with Gasteiger partial charge in [-0.1, -0.05) is 48.9 Å². The first-order valence-corrected chi connectivity index (χ1v) is 9.33. The third-order valence-electron chi connectivity index (χ3n) is 6.40. The Kier molecular flexibility index (Phi) is 3.18. The fourth-order valence-electron chi connectivity index (χ4n) is 5.32. The molecule has 5 rings (SSSR count). The molecule has 25 heavy (non-hydrogen) atoms. The lowest BCUT2D eigenvalue weighted by Gasteiger charge is -2.38. The zero-order valence-electron chi connectivity index (χ0n) is 14.7. The van der Waals surface area contributed by atoms with Crippen LogP contribution in [0.5, 0.6) is 0 Å². The van der Waals surface area contributed by atoms with Crippen LogP contribution in [-0.2, 0) is 24.7 Å². The maximum atomic E-state index is 13.6. The second-order valence-corrected chi connectivity index (χ2v) is 7.94. The molecule has 0 amide bonds. The average Bonchev–Trinajstić information content (AvgIpc) is 2.93. The Hall–Kier alpha value is -2.35. The summed E-state index contributed by atoms with van der Waals surface area (Å²) < 4.78 is 2.23. The predicted octanol–water partition coefficient (Wildman–Crippen LogP) is 4.80. The lowest BCUT2D eigenvalue weighted by atomic mass is 9.63. The van der Waals surface area contributed by atoms with Crippen molar-refractivity contribution in [3.63, 3.8) is 0 Å². The van der Waals surface area contributed by atoms with E-state index < -0.39 is 0 Å². The van der Waals surface area contributed by atoms with Gasteiger partial charge in [0.2, 0.25) is 0 Å². The van der Waals surface area contributed by atoms with Crippen molar-refractivity contribution in [1.82, 2.24) is 4.57 Å². The molecule has 0 N–H and O–H groups in total. The Morgan fingerprint density at radius 1 is 1.12 bits per heavy atom. The van der Waals surface area contributed by atoms with E-state index in [-0.39, 0.29) is 11.3 Å². The van der Waals surface area contributed by atoms with Gasteiger partial charge in [-0.2, -0.15) is 0 Å². The molecule has 2 aliphatic rings. The average molecular weight is 329 g/mol. The van der Waals surface area contributed by atoms with Crippen LogP contribution in [0.4, 0.5) is 0 Å². The maximum Gasteiger partial charge on any atom is 0.147 e. The van der Waals surface area contributed by atoms with Crippen LogP contribution >= 0.6 is 0 Å². The van der Waals surface area contributed by atoms with Crippen LogP contribution < -0.4 is 0 Å². The molecule has 0 unspecified atom stereocenters. The van der Waals surface area contributed by atoms with Gasteiger partial charge in [-0.05, 0) is 48.4 Å². The van der Waals surface area contributed by atoms with Crippen LogP contribution in [0, 0.1) is 5.41 Å². The van der Waals surface area contributed by atoms with Crippen molar-refractivity contribution in [3.8, 4) is 0 Å². The zero-order valence-corrected chi connectivity index (χ0v) is 14.7. The van der Waals surface area contributed by atoms with Crippen LogP contribution in [0.1, 0.15) is 41.9 Å². The molecule has 2 aromatic carbocycles. The van der Waals surface area contributed by atoms with Crippen LogP contribution in [0.15, 0.2) is 54.7 Å². The van der Waals surface area contributed by atoms with E-state index in [1.165, 1.54) is 27.6 Å². The van der Waals surface area contributed by atoms with Crippen LogP contribution in [0.2, 0.25) is 0 Å². The second-order valence-electron chi connectivity index (χ2n) is 7.94. The largest absolute Gasteiger partial charge is 0.350 e. The lowest BCUT2D eigenvalue weighted by molar-refractivity contribution is -0.133. The normalized spacial score (nSPS) is 25.2. The summed E-state index contributed by atoms with van der Waals surface area (Å²) in [6.07, 6.45) is 7.18. The van der Waals surface area contributed by atoms with Gasteiger partial charge in [0, 0.05) is 35.5 Å². The number of aromatic nitrogens is 1. The fraction of sp³-hybridized carbons (Fsp3) is 0.348. The summed E-state index contributed by atoms with van der Waals surface area (Å²) in [6, 6.07) is 17.1. The molecule has 0 saturated heterocycles. The molecule has 2 aliphatic carbocycles. The smallest absolute Gasteiger partial charge is 0.147 e. The number of rotatable bonds is 2. The molecular weight excluding hydrogens is 306 g/mol. The van der Waals surface area contributed by atoms with Crippen LogP contribution in [0.25, 0.3) is 10.9 Å². The summed E-state index contributed by atoms with van der Waals surface area (Å²) >= 11 is 0. The SMILES string of the molecule is Cn1cc2c3c(cccc31)[C@@H]1CCC[C@](Cc3ccccc3)(C2)C1=O. The van der Waals surface area contributed by atoms with E-state index in [9.17, 15) is 4.79 Å². The van der Waals surface area contributed by atoms with Crippen LogP contribution in [0.3, 0.4) is 0 Å². The number of benzene rings is 2. The highest BCUT2D eigenvalue weighted by molar-refractivity contribution is 6.00. The molecular formula is C23H23NO. The first kappa shape index (κ1) is 14.9. The Labute approximate surface area is 148 Å². The van der Waals surface area contributed by atoms with Gasteiger partial charge in [0.1, 0.15) is 5.78 Å². The molecule has 1 heterocycles. The molecule has 2 nitrogen and oxygen atoms in total. The first-order chi connectivity index (χ1) is 12.2. The number of carbonyl (C=O) groups is 1. The molecule has 0 radical (unpaired) electrons. The molecule has 3 aromatic rings. The van der Waals surface area contributed by atoms with Crippen molar-refractivity contribution in [2.24, 2.45) is 12.5 Å². The van der Waals surface area contributed by atoms with Crippen molar-refractivity contribution < 1.29 is 4.79 Å². The monoisotopic (exact) mass is 329 g/mol. The molecule has 1 saturated carbocycles. The molecule has 1 fully saturated rings. The molecule has 1 aromatic heterocycles. The third-order valence-corrected chi connectivity index (χ3v) is 6.40. The topological polar surface area (TPSA) is 22.0 Å². The maximum absolute atomic E-state index is 13.6. The highest BCUT2D eigenvalue weighted by Gasteiger charge is 2.47. The van der Waals surface area contributed by atoms with Gasteiger partial charge in [0.25, 0.3) is 0 Å². The summed E-state index contributed by atoms with van der Waals surface area (Å²) in [6.45, 7) is 0. The number of aryl methyl sites for hydroxylation is 1. The van der Waals surface area contributed by atoms with Gasteiger partial charge < -0.3 is 4.57 Å². The predicted molar refractivity (Wildman–Crippen MR) is 101 cm³/mol. The van der Waals surface area contributed by atoms with E-state index in [1.54, 1.807) is 0 Å². The number of ketones is 1. The van der Waals surface area contributed by atoms with Gasteiger partial charge in [-0.3, -0.25) is 4.79 Å². The second kappa shape index (κ2) is 5.32. The molecule has 2 bridgehead atoms. The van der Waals surface area contributed by atoms with Gasteiger partial charge >= 0.3 is 0 Å². The summed E-state index contributed by atoms with van der Waals surface area (Å²) in [5, 5.41) is 1.35. The number of carbonyl (C=O) groups excluding carboxylic acids is 1. The molecule has 0 aliphatic heterocycles. The summed E-state index contributed by atoms with van der Waals surface area (Å²) in [5.41, 5.74) is 4.95. The lowest BCUT2D eigenvalue weighted by Crippen LogP contribution is -2.41. The highest BCUT2D eigenvalue weighted by atomic mass is 16.1. The number of Topliss-reactive ketones (excluding diaryl/α,β-unsaturated/α-hetero) is 1. The highest BCUT2D eigenvalue weighted by Crippen LogP contribution is 2.50. The minimum absolute atomic E-state index is 0.0739. The zero-order chi connectivity index (χ0) is 17.0. The molecule has 0 spiro atoms. The van der Waals surface area contributed by atoms with Gasteiger partial charge in [0.05, 0.1) is 0 Å². The van der Waals surface area contributed by atoms with Crippen molar-refractivity contribution in [1.29, 1.82) is 0 Å². The van der Waals surface area contributed by atoms with E-state index in [4.69, 9.17) is 0 Å². The number of hydrogen-bond acceptors (Lipinski definition) is 1. The quantitative estimate of drug-likeness (QED) is 0.662. The van der Waals surface area contributed by atoms with Crippen molar-refractivity contribution >= 4 is 16.7 Å². The van der Waals surface area contributed by atoms with E-state index in [0.717, 1.165) is 32.1 Å². The summed E-state index contributed by atoms with van der Waals surface area (Å²) in [5.74, 6) is 0.554. The van der Waals surface area contributed by atoms with E-state index >= 15 is 0 Å². The minimum Gasteiger partial charge on any atom is -0.350 e. The molecule has 2 heteroatoms. The summed E-state index contributed by atoms with van der Waals surface area (Å²) in [4.78, 5) is 13.6. The van der Waals surface area contributed by atoms with E-state index in [2.05, 4.69) is 66.3 Å². The minimum atomic E-state index is -0.239. The Morgan fingerprint density at radius 3 is 2.80 bits per heavy atom. The van der Waals surface area contributed by atoms with E-state index in [1.807, 2.05) is 0 Å². The molecule has 126 valence electrons. The van der Waals surface area contributed by atoms with Gasteiger partial charge in [-0.25, -0.2) is 0 Å². The fourth-order valence-corrected chi connectivity index (χ4v) is 5.32. The Morgan fingerprint density at radius 2 is 1.96 bits per heavy atom. The Balaban J connectivity index is 1.70. The first-order valence-electron chi connectivity index (χ1n) is 9.33. The number of hydrogen-bond donors (Lipinski definition) is 0. The standard InChI is InChI=1S/C23H23NO/c1-24-15-17-14-23(13-16-7-3-2-4-8-16)12-6-10-19(22(23)25)18-9-5-11-20(24)21(17)18/h2-5,7-9,11,15,19H,6,10,12-14H2,1H3/t19-,23-/m0/s1. The van der Waals surface area contributed by atoms with Crippen LogP contribution in [-0.4, -0.2) is 10.4 Å². The van der Waals surface area contributed by atoms with E-state index in [0.29, 0.717) is 5.78 Å². The van der Waals surface area contributed by atoms with Crippen molar-refractivity contribution in [2.45, 2.75) is 38.0 Å². The Bertz CT molecular complexity index is 968. The van der Waals surface area contributed by atoms with Gasteiger partial charge in [0.15, 0.2) is 0 Å². The summed E-state index contributed by atoms with van der Waals surface area (Å²) in [7, 11) is 2.12. The number of nitrogens with zero attached hydrogens (tertiary/aromatic N) is 1. The van der Waals surface area contributed by atoms with Crippen molar-refractivity contribution in [2.75, 3.05) is 0 Å². The van der Waals surface area contributed by atoms with Crippen molar-refractivity contribution in [3.05, 3.63) is 71.4 Å². The molecule has 2 atom stereocenters. The van der Waals surface area contributed by atoms with Gasteiger partial charge in [-0.15, -0.1) is 0 Å². The third kappa shape index (κ3) is 2.13. The number of fused-ring (bicyclic) bond motifs is 3.